The highest BCUT2D eigenvalue weighted by Crippen LogP contribution is 2.37. The smallest absolute Gasteiger partial charge is 0.243 e. The highest BCUT2D eigenvalue weighted by molar-refractivity contribution is 9.11. The maximum Gasteiger partial charge on any atom is 0.243 e. The van der Waals surface area contributed by atoms with Crippen LogP contribution in [0, 0.1) is 0 Å². The van der Waals surface area contributed by atoms with Gasteiger partial charge in [0.1, 0.15) is 16.7 Å². The van der Waals surface area contributed by atoms with E-state index in [0.29, 0.717) is 55.1 Å². The summed E-state index contributed by atoms with van der Waals surface area (Å²) >= 11 is 37.5. The van der Waals surface area contributed by atoms with Crippen molar-refractivity contribution in [2.75, 3.05) is 72.8 Å². The summed E-state index contributed by atoms with van der Waals surface area (Å²) in [6, 6.07) is 30.2. The van der Waals surface area contributed by atoms with Gasteiger partial charge in [-0.2, -0.15) is 8.61 Å². The molecule has 71 heavy (non-hydrogen) atoms. The fourth-order valence-corrected chi connectivity index (χ4v) is 13.1. The second kappa shape index (κ2) is 21.9. The zero-order valence-electron chi connectivity index (χ0n) is 37.0. The van der Waals surface area contributed by atoms with Gasteiger partial charge in [-0.3, -0.25) is 9.97 Å². The van der Waals surface area contributed by atoms with Crippen molar-refractivity contribution >= 4 is 166 Å². The SMILES string of the molecule is O=S(=O)(c1ccc(Nc2ccnc3cc(Cl)ccc23)cc1)N1CCN(c2ncc(Br)cc2Br)CC1.O=S(=O)(c1ccc(Nc2ccnc3cc(Cl)ccc23)cc1)N1CCN(c2ncc(Cl)c(Cl)c2Cl)CC1. The second-order valence-corrected chi connectivity index (χ2v) is 23.8. The Balaban J connectivity index is 0.000000176. The van der Waals surface area contributed by atoms with E-state index in [9.17, 15) is 16.8 Å². The largest absolute Gasteiger partial charge is 0.355 e. The number of benzene rings is 4. The Morgan fingerprint density at radius 3 is 1.37 bits per heavy atom. The van der Waals surface area contributed by atoms with Crippen LogP contribution in [0.3, 0.4) is 0 Å². The number of rotatable bonds is 10. The summed E-state index contributed by atoms with van der Waals surface area (Å²) in [4.78, 5) is 21.9. The van der Waals surface area contributed by atoms with Gasteiger partial charge >= 0.3 is 0 Å². The molecule has 2 aliphatic heterocycles. The standard InChI is InChI=1S/C24H20Br2ClN5O2S.C24H19Cl4N5O2S/c25-16-13-21(26)24(29-15-16)31-9-11-32(12-10-31)35(33,34)19-4-2-18(3-5-19)30-22-7-8-28-23-14-17(27)1-6-20(22)23;25-15-1-6-18-20(7-8-29-21(18)13-15)31-16-2-4-17(5-3-16)36(34,35)33-11-9-32(10-12-33)24-23(28)22(27)19(26)14-30-24/h1-8,13-15H,9-12H2,(H,28,30);1-8,13-14H,9-12H2,(H,29,31). The van der Waals surface area contributed by atoms with Crippen molar-refractivity contribution < 1.29 is 16.8 Å². The quantitative estimate of drug-likeness (QED) is 0.134. The first kappa shape index (κ1) is 51.3. The highest BCUT2D eigenvalue weighted by atomic mass is 79.9. The van der Waals surface area contributed by atoms with E-state index in [2.05, 4.69) is 67.3 Å². The number of nitrogens with one attached hydrogen (secondary N) is 2. The van der Waals surface area contributed by atoms with Crippen molar-refractivity contribution in [3.8, 4) is 0 Å². The van der Waals surface area contributed by atoms with Gasteiger partial charge in [-0.05, 0) is 135 Å². The number of anilines is 6. The van der Waals surface area contributed by atoms with E-state index in [4.69, 9.17) is 58.0 Å². The summed E-state index contributed by atoms with van der Waals surface area (Å²) < 4.78 is 57.8. The summed E-state index contributed by atoms with van der Waals surface area (Å²) in [7, 11) is -7.27. The highest BCUT2D eigenvalue weighted by Gasteiger charge is 2.31. The number of fused-ring (bicyclic) bond motifs is 2. The Bertz CT molecular complexity index is 3500. The molecular weight excluding hydrogens is 1180 g/mol. The number of aromatic nitrogens is 4. The number of pyridine rings is 4. The van der Waals surface area contributed by atoms with Crippen LogP contribution in [0.2, 0.25) is 25.1 Å². The number of nitrogens with zero attached hydrogens (tertiary/aromatic N) is 8. The molecule has 0 radical (unpaired) electrons. The van der Waals surface area contributed by atoms with Crippen LogP contribution in [0.25, 0.3) is 21.8 Å². The number of hydrogen-bond donors (Lipinski definition) is 2. The van der Waals surface area contributed by atoms with Crippen molar-refractivity contribution in [1.29, 1.82) is 0 Å². The van der Waals surface area contributed by atoms with E-state index in [0.717, 1.165) is 59.3 Å². The summed E-state index contributed by atoms with van der Waals surface area (Å²) in [5, 5.41) is 10.5. The third-order valence-corrected chi connectivity index (χ3v) is 18.3. The molecule has 14 nitrogen and oxygen atoms in total. The molecule has 2 N–H and O–H groups in total. The van der Waals surface area contributed by atoms with E-state index in [-0.39, 0.29) is 37.9 Å². The van der Waals surface area contributed by atoms with Gasteiger partial charge in [0.25, 0.3) is 0 Å². The van der Waals surface area contributed by atoms with Crippen LogP contribution in [-0.2, 0) is 20.0 Å². The van der Waals surface area contributed by atoms with Gasteiger partial charge in [0.2, 0.25) is 20.0 Å². The minimum Gasteiger partial charge on any atom is -0.355 e. The Labute approximate surface area is 452 Å². The second-order valence-electron chi connectivity index (χ2n) is 16.1. The first-order valence-electron chi connectivity index (χ1n) is 21.7. The average Bonchev–Trinajstić information content (AvgIpc) is 3.36. The molecule has 0 atom stereocenters. The van der Waals surface area contributed by atoms with Crippen molar-refractivity contribution in [2.45, 2.75) is 9.79 Å². The molecular formula is C48H39Br2Cl5N10O4S2. The van der Waals surface area contributed by atoms with Crippen molar-refractivity contribution in [3.05, 3.63) is 162 Å². The van der Waals surface area contributed by atoms with E-state index >= 15 is 0 Å². The van der Waals surface area contributed by atoms with Gasteiger partial charge in [0.05, 0.1) is 35.3 Å². The monoisotopic (exact) mass is 1220 g/mol. The lowest BCUT2D eigenvalue weighted by Crippen LogP contribution is -2.49. The zero-order chi connectivity index (χ0) is 50.0. The molecule has 4 aromatic heterocycles. The minimum absolute atomic E-state index is 0.221. The lowest BCUT2D eigenvalue weighted by atomic mass is 10.2. The number of sulfonamides is 2. The maximum absolute atomic E-state index is 13.3. The van der Waals surface area contributed by atoms with Crippen molar-refractivity contribution in [1.82, 2.24) is 28.5 Å². The molecule has 8 aromatic rings. The molecule has 10 rings (SSSR count). The van der Waals surface area contributed by atoms with Crippen molar-refractivity contribution in [3.63, 3.8) is 0 Å². The summed E-state index contributed by atoms with van der Waals surface area (Å²) in [6.45, 7) is 3.30. The molecule has 0 saturated carbocycles. The van der Waals surface area contributed by atoms with E-state index in [1.807, 2.05) is 47.4 Å². The van der Waals surface area contributed by atoms with Gasteiger partial charge in [-0.1, -0.05) is 58.0 Å². The molecule has 23 heteroatoms. The van der Waals surface area contributed by atoms with Gasteiger partial charge < -0.3 is 20.4 Å². The Hall–Kier alpha value is -4.57. The molecule has 4 aromatic carbocycles. The Morgan fingerprint density at radius 1 is 0.479 bits per heavy atom. The third-order valence-electron chi connectivity index (χ3n) is 11.7. The molecule has 6 heterocycles. The van der Waals surface area contributed by atoms with E-state index in [1.54, 1.807) is 79.3 Å². The summed E-state index contributed by atoms with van der Waals surface area (Å²) in [6.07, 6.45) is 6.58. The van der Waals surface area contributed by atoms with Crippen LogP contribution >= 0.6 is 89.9 Å². The molecule has 366 valence electrons. The van der Waals surface area contributed by atoms with E-state index < -0.39 is 20.0 Å². The third kappa shape index (κ3) is 11.5. The lowest BCUT2D eigenvalue weighted by molar-refractivity contribution is 0.383. The number of hydrogen-bond acceptors (Lipinski definition) is 12. The zero-order valence-corrected chi connectivity index (χ0v) is 45.5. The van der Waals surface area contributed by atoms with Gasteiger partial charge in [-0.15, -0.1) is 0 Å². The van der Waals surface area contributed by atoms with Crippen LogP contribution < -0.4 is 20.4 Å². The maximum atomic E-state index is 13.3. The van der Waals surface area contributed by atoms with Crippen LogP contribution in [0.4, 0.5) is 34.4 Å². The predicted octanol–water partition coefficient (Wildman–Crippen LogP) is 12.6. The number of piperazine rings is 2. The first-order chi connectivity index (χ1) is 34.0. The van der Waals surface area contributed by atoms with Crippen LogP contribution in [0.1, 0.15) is 0 Å². The molecule has 2 aliphatic rings. The fraction of sp³-hybridized carbons (Fsp3) is 0.167. The van der Waals surface area contributed by atoms with Crippen LogP contribution in [0.5, 0.6) is 0 Å². The van der Waals surface area contributed by atoms with Gasteiger partial charge in [-0.25, -0.2) is 26.8 Å². The fourth-order valence-electron chi connectivity index (χ4n) is 8.07. The van der Waals surface area contributed by atoms with Gasteiger partial charge in [0, 0.05) is 125 Å². The summed E-state index contributed by atoms with van der Waals surface area (Å²) in [5.74, 6) is 1.30. The first-order valence-corrected chi connectivity index (χ1v) is 28.0. The molecule has 0 amide bonds. The lowest BCUT2D eigenvalue weighted by Gasteiger charge is -2.35. The van der Waals surface area contributed by atoms with Crippen molar-refractivity contribution in [2.24, 2.45) is 0 Å². The van der Waals surface area contributed by atoms with Crippen LogP contribution in [0.15, 0.2) is 147 Å². The minimum atomic E-state index is -3.67. The predicted molar refractivity (Wildman–Crippen MR) is 294 cm³/mol. The van der Waals surface area contributed by atoms with E-state index in [1.165, 1.54) is 14.8 Å². The molecule has 0 spiro atoms. The number of halogens is 7. The normalized spacial score (nSPS) is 14.9. The molecule has 0 unspecified atom stereocenters. The molecule has 0 bridgehead atoms. The van der Waals surface area contributed by atoms with Gasteiger partial charge in [0.15, 0.2) is 0 Å². The molecule has 2 saturated heterocycles. The topological polar surface area (TPSA) is 157 Å². The molecule has 2 fully saturated rings. The Kier molecular flexibility index (Phi) is 15.8. The summed E-state index contributed by atoms with van der Waals surface area (Å²) in [5.41, 5.74) is 4.79. The molecule has 0 aliphatic carbocycles. The average molecular weight is 1220 g/mol. The Morgan fingerprint density at radius 2 is 0.915 bits per heavy atom. The van der Waals surface area contributed by atoms with Crippen LogP contribution in [-0.4, -0.2) is 97.7 Å².